The van der Waals surface area contributed by atoms with Crippen molar-refractivity contribution in [1.82, 2.24) is 4.31 Å². The summed E-state index contributed by atoms with van der Waals surface area (Å²) in [6.45, 7) is 3.48. The van der Waals surface area contributed by atoms with Crippen LogP contribution in [0, 0.1) is 29.1 Å². The van der Waals surface area contributed by atoms with E-state index in [1.165, 1.54) is 10.4 Å². The third kappa shape index (κ3) is 4.30. The van der Waals surface area contributed by atoms with Crippen LogP contribution in [-0.4, -0.2) is 37.5 Å². The first kappa shape index (κ1) is 17.2. The summed E-state index contributed by atoms with van der Waals surface area (Å²) >= 11 is 0. The van der Waals surface area contributed by atoms with Gasteiger partial charge in [0.05, 0.1) is 16.9 Å². The molecule has 0 heterocycles. The molecule has 0 aromatic heterocycles. The Balaban J connectivity index is 3.27. The van der Waals surface area contributed by atoms with Gasteiger partial charge in [0.25, 0.3) is 0 Å². The minimum Gasteiger partial charge on any atom is -0.384 e. The van der Waals surface area contributed by atoms with Crippen LogP contribution in [0.2, 0.25) is 0 Å². The number of nitriles is 1. The molecule has 0 fully saturated rings. The third-order valence-electron chi connectivity index (χ3n) is 2.86. The summed E-state index contributed by atoms with van der Waals surface area (Å²) < 4.78 is 26.6. The molecule has 112 valence electrons. The van der Waals surface area contributed by atoms with E-state index in [4.69, 9.17) is 10.4 Å². The van der Waals surface area contributed by atoms with Crippen LogP contribution in [0.4, 0.5) is 0 Å². The summed E-state index contributed by atoms with van der Waals surface area (Å²) in [5.74, 6) is 4.71. The standard InChI is InChI=1S/C15H18N2O3S/c1-3-17(12-13(2)11-16)21(19,20)15-9-5-4-7-14(15)8-6-10-18/h4-5,7,9,13,18H,3,10,12H2,1-2H3. The zero-order valence-corrected chi connectivity index (χ0v) is 12.9. The van der Waals surface area contributed by atoms with Crippen molar-refractivity contribution in [3.8, 4) is 17.9 Å². The lowest BCUT2D eigenvalue weighted by molar-refractivity contribution is 0.350. The highest BCUT2D eigenvalue weighted by Crippen LogP contribution is 2.20. The van der Waals surface area contributed by atoms with Gasteiger partial charge in [-0.05, 0) is 19.1 Å². The van der Waals surface area contributed by atoms with Gasteiger partial charge in [-0.15, -0.1) is 0 Å². The first-order chi connectivity index (χ1) is 9.97. The van der Waals surface area contributed by atoms with Crippen molar-refractivity contribution in [3.05, 3.63) is 29.8 Å². The maximum atomic E-state index is 12.7. The molecule has 0 saturated carbocycles. The molecular formula is C15H18N2O3S. The van der Waals surface area contributed by atoms with E-state index < -0.39 is 15.9 Å². The quantitative estimate of drug-likeness (QED) is 0.829. The molecule has 0 aliphatic heterocycles. The summed E-state index contributed by atoms with van der Waals surface area (Å²) in [7, 11) is -3.72. The fraction of sp³-hybridized carbons (Fsp3) is 0.400. The number of sulfonamides is 1. The number of hydrogen-bond acceptors (Lipinski definition) is 4. The van der Waals surface area contributed by atoms with Gasteiger partial charge in [0.2, 0.25) is 10.0 Å². The van der Waals surface area contributed by atoms with E-state index >= 15 is 0 Å². The van der Waals surface area contributed by atoms with Gasteiger partial charge in [0, 0.05) is 18.7 Å². The smallest absolute Gasteiger partial charge is 0.244 e. The molecule has 6 heteroatoms. The van der Waals surface area contributed by atoms with Gasteiger partial charge >= 0.3 is 0 Å². The Hall–Kier alpha value is -1.86. The Kier molecular flexibility index (Phi) is 6.39. The van der Waals surface area contributed by atoms with Crippen molar-refractivity contribution < 1.29 is 13.5 Å². The topological polar surface area (TPSA) is 81.4 Å². The molecule has 1 unspecified atom stereocenters. The van der Waals surface area contributed by atoms with Crippen LogP contribution in [-0.2, 0) is 10.0 Å². The summed E-state index contributed by atoms with van der Waals surface area (Å²) in [6, 6.07) is 8.42. The molecule has 5 nitrogen and oxygen atoms in total. The molecule has 1 rings (SSSR count). The monoisotopic (exact) mass is 306 g/mol. The van der Waals surface area contributed by atoms with E-state index in [9.17, 15) is 8.42 Å². The van der Waals surface area contributed by atoms with Crippen LogP contribution in [0.3, 0.4) is 0 Å². The number of aliphatic hydroxyl groups is 1. The van der Waals surface area contributed by atoms with Gasteiger partial charge in [-0.2, -0.15) is 9.57 Å². The first-order valence-electron chi connectivity index (χ1n) is 6.55. The Bertz CT molecular complexity index is 681. The Morgan fingerprint density at radius 1 is 1.38 bits per heavy atom. The summed E-state index contributed by atoms with van der Waals surface area (Å²) in [5, 5.41) is 17.6. The molecule has 0 aliphatic rings. The lowest BCUT2D eigenvalue weighted by Gasteiger charge is -2.22. The van der Waals surface area contributed by atoms with Gasteiger partial charge in [-0.3, -0.25) is 0 Å². The van der Waals surface area contributed by atoms with Crippen molar-refractivity contribution in [3.63, 3.8) is 0 Å². The Morgan fingerprint density at radius 2 is 2.05 bits per heavy atom. The largest absolute Gasteiger partial charge is 0.384 e. The van der Waals surface area contributed by atoms with Gasteiger partial charge < -0.3 is 5.11 Å². The first-order valence-corrected chi connectivity index (χ1v) is 7.99. The van der Waals surface area contributed by atoms with Crippen molar-refractivity contribution in [2.45, 2.75) is 18.7 Å². The maximum absolute atomic E-state index is 12.7. The van der Waals surface area contributed by atoms with E-state index in [0.29, 0.717) is 5.56 Å². The van der Waals surface area contributed by atoms with Gasteiger partial charge in [0.1, 0.15) is 6.61 Å². The third-order valence-corrected chi connectivity index (χ3v) is 4.86. The Morgan fingerprint density at radius 3 is 2.62 bits per heavy atom. The zero-order valence-electron chi connectivity index (χ0n) is 12.1. The van der Waals surface area contributed by atoms with Gasteiger partial charge in [-0.25, -0.2) is 8.42 Å². The second-order valence-electron chi connectivity index (χ2n) is 4.44. The molecule has 1 aromatic rings. The van der Waals surface area contributed by atoms with Crippen LogP contribution in [0.25, 0.3) is 0 Å². The molecule has 0 saturated heterocycles. The molecule has 0 aliphatic carbocycles. The molecular weight excluding hydrogens is 288 g/mol. The predicted octanol–water partition coefficient (Wildman–Crippen LogP) is 1.20. The normalized spacial score (nSPS) is 12.3. The highest BCUT2D eigenvalue weighted by molar-refractivity contribution is 7.89. The highest BCUT2D eigenvalue weighted by atomic mass is 32.2. The average molecular weight is 306 g/mol. The molecule has 1 N–H and O–H groups in total. The van der Waals surface area contributed by atoms with Crippen LogP contribution in [0.15, 0.2) is 29.2 Å². The van der Waals surface area contributed by atoms with E-state index in [1.807, 2.05) is 6.07 Å². The van der Waals surface area contributed by atoms with Crippen molar-refractivity contribution >= 4 is 10.0 Å². The van der Waals surface area contributed by atoms with E-state index in [-0.39, 0.29) is 24.6 Å². The SMILES string of the molecule is CCN(CC(C)C#N)S(=O)(=O)c1ccccc1C#CCO. The molecule has 0 radical (unpaired) electrons. The summed E-state index contributed by atoms with van der Waals surface area (Å²) in [4.78, 5) is 0.0953. The highest BCUT2D eigenvalue weighted by Gasteiger charge is 2.26. The lowest BCUT2D eigenvalue weighted by Crippen LogP contribution is -2.34. The number of rotatable bonds is 5. The molecule has 21 heavy (non-hydrogen) atoms. The predicted molar refractivity (Wildman–Crippen MR) is 79.6 cm³/mol. The van der Waals surface area contributed by atoms with E-state index in [2.05, 4.69) is 11.8 Å². The minimum absolute atomic E-state index is 0.0953. The summed E-state index contributed by atoms with van der Waals surface area (Å²) in [6.07, 6.45) is 0. The fourth-order valence-corrected chi connectivity index (χ4v) is 3.50. The molecule has 1 atom stereocenters. The minimum atomic E-state index is -3.72. The molecule has 0 bridgehead atoms. The number of benzene rings is 1. The van der Waals surface area contributed by atoms with E-state index in [0.717, 1.165) is 0 Å². The summed E-state index contributed by atoms with van der Waals surface area (Å²) in [5.41, 5.74) is 0.342. The molecule has 0 amide bonds. The van der Waals surface area contributed by atoms with Crippen LogP contribution >= 0.6 is 0 Å². The zero-order chi connectivity index (χ0) is 15.9. The molecule has 0 spiro atoms. The van der Waals surface area contributed by atoms with Crippen molar-refractivity contribution in [2.75, 3.05) is 19.7 Å². The van der Waals surface area contributed by atoms with Crippen LogP contribution in [0.5, 0.6) is 0 Å². The number of hydrogen-bond donors (Lipinski definition) is 1. The number of nitrogens with zero attached hydrogens (tertiary/aromatic N) is 2. The van der Waals surface area contributed by atoms with Gasteiger partial charge in [0.15, 0.2) is 0 Å². The second-order valence-corrected chi connectivity index (χ2v) is 6.35. The second kappa shape index (κ2) is 7.80. The average Bonchev–Trinajstić information content (AvgIpc) is 2.50. The number of aliphatic hydroxyl groups excluding tert-OH is 1. The Labute approximate surface area is 125 Å². The maximum Gasteiger partial charge on any atom is 0.244 e. The van der Waals surface area contributed by atoms with Crippen molar-refractivity contribution in [2.24, 2.45) is 5.92 Å². The van der Waals surface area contributed by atoms with Crippen LogP contribution < -0.4 is 0 Å². The van der Waals surface area contributed by atoms with Crippen LogP contribution in [0.1, 0.15) is 19.4 Å². The lowest BCUT2D eigenvalue weighted by atomic mass is 10.2. The fourth-order valence-electron chi connectivity index (χ4n) is 1.81. The van der Waals surface area contributed by atoms with Crippen molar-refractivity contribution in [1.29, 1.82) is 5.26 Å². The molecule has 1 aromatic carbocycles. The van der Waals surface area contributed by atoms with E-state index in [1.54, 1.807) is 32.0 Å². The van der Waals surface area contributed by atoms with Gasteiger partial charge in [-0.1, -0.05) is 30.9 Å².